The highest BCUT2D eigenvalue weighted by Gasteiger charge is 2.16. The van der Waals surface area contributed by atoms with E-state index in [1.54, 1.807) is 37.5 Å². The van der Waals surface area contributed by atoms with Crippen LogP contribution in [0.25, 0.3) is 28.3 Å². The summed E-state index contributed by atoms with van der Waals surface area (Å²) in [5, 5.41) is 0. The van der Waals surface area contributed by atoms with Gasteiger partial charge in [-0.2, -0.15) is 0 Å². The second-order valence-electron chi connectivity index (χ2n) is 7.16. The first-order valence-electron chi connectivity index (χ1n) is 10.1. The number of carbonyl (C=O) groups excluding carboxylic acids is 1. The van der Waals surface area contributed by atoms with E-state index in [1.165, 1.54) is 0 Å². The summed E-state index contributed by atoms with van der Waals surface area (Å²) in [5.41, 5.74) is 12.1. The van der Waals surface area contributed by atoms with Crippen molar-refractivity contribution >= 4 is 17.5 Å². The molecule has 4 rings (SSSR count). The highest BCUT2D eigenvalue weighted by molar-refractivity contribution is 6.08. The number of allylic oxidation sites excluding steroid dienone is 1. The molecule has 0 heterocycles. The zero-order valence-corrected chi connectivity index (χ0v) is 17.3. The van der Waals surface area contributed by atoms with Crippen molar-refractivity contribution in [1.29, 1.82) is 0 Å². The van der Waals surface area contributed by atoms with E-state index < -0.39 is 0 Å². The molecule has 152 valence electrons. The topological polar surface area (TPSA) is 52.3 Å². The SMILES string of the molecule is COc1ccc(-c2ccccc2)c(-c2ccccc2)c1/C=C/C(=O)c1ccc(N)cc1. The van der Waals surface area contributed by atoms with Gasteiger partial charge in [-0.15, -0.1) is 0 Å². The summed E-state index contributed by atoms with van der Waals surface area (Å²) < 4.78 is 5.67. The number of carbonyl (C=O) groups is 1. The molecule has 0 saturated heterocycles. The Labute approximate surface area is 182 Å². The molecule has 31 heavy (non-hydrogen) atoms. The first kappa shape index (κ1) is 20.2. The monoisotopic (exact) mass is 405 g/mol. The Kier molecular flexibility index (Phi) is 5.95. The van der Waals surface area contributed by atoms with Gasteiger partial charge in [-0.05, 0) is 59.2 Å². The summed E-state index contributed by atoms with van der Waals surface area (Å²) in [5.74, 6) is 0.617. The van der Waals surface area contributed by atoms with Crippen LogP contribution in [-0.4, -0.2) is 12.9 Å². The Hall–Kier alpha value is -4.11. The van der Waals surface area contributed by atoms with E-state index in [-0.39, 0.29) is 5.78 Å². The highest BCUT2D eigenvalue weighted by Crippen LogP contribution is 2.40. The third-order valence-corrected chi connectivity index (χ3v) is 5.17. The molecule has 0 fully saturated rings. The number of rotatable bonds is 6. The predicted octanol–water partition coefficient (Wildman–Crippen LogP) is 6.51. The van der Waals surface area contributed by atoms with E-state index in [4.69, 9.17) is 10.5 Å². The molecule has 0 unspecified atom stereocenters. The molecule has 4 aromatic rings. The lowest BCUT2D eigenvalue weighted by atomic mass is 9.89. The van der Waals surface area contributed by atoms with E-state index in [9.17, 15) is 4.79 Å². The number of ketones is 1. The zero-order valence-electron chi connectivity index (χ0n) is 17.3. The Morgan fingerprint density at radius 3 is 2.00 bits per heavy atom. The highest BCUT2D eigenvalue weighted by atomic mass is 16.5. The van der Waals surface area contributed by atoms with Crippen LogP contribution in [0.1, 0.15) is 15.9 Å². The smallest absolute Gasteiger partial charge is 0.185 e. The first-order chi connectivity index (χ1) is 15.2. The van der Waals surface area contributed by atoms with Crippen LogP contribution in [0, 0.1) is 0 Å². The van der Waals surface area contributed by atoms with Gasteiger partial charge < -0.3 is 10.5 Å². The molecule has 0 atom stereocenters. The Morgan fingerprint density at radius 2 is 1.39 bits per heavy atom. The maximum absolute atomic E-state index is 12.8. The predicted molar refractivity (Wildman–Crippen MR) is 128 cm³/mol. The van der Waals surface area contributed by atoms with Crippen LogP contribution >= 0.6 is 0 Å². The molecule has 0 amide bonds. The summed E-state index contributed by atoms with van der Waals surface area (Å²) >= 11 is 0. The van der Waals surface area contributed by atoms with Crippen molar-refractivity contribution in [3.8, 4) is 28.0 Å². The van der Waals surface area contributed by atoms with E-state index in [2.05, 4.69) is 30.3 Å². The molecule has 0 aliphatic rings. The zero-order chi connectivity index (χ0) is 21.6. The summed E-state index contributed by atoms with van der Waals surface area (Å²) in [4.78, 5) is 12.8. The minimum Gasteiger partial charge on any atom is -0.496 e. The van der Waals surface area contributed by atoms with Crippen molar-refractivity contribution in [1.82, 2.24) is 0 Å². The van der Waals surface area contributed by atoms with Gasteiger partial charge >= 0.3 is 0 Å². The first-order valence-corrected chi connectivity index (χ1v) is 10.1. The second kappa shape index (κ2) is 9.14. The van der Waals surface area contributed by atoms with Crippen LogP contribution in [-0.2, 0) is 0 Å². The molecular formula is C28H23NO2. The summed E-state index contributed by atoms with van der Waals surface area (Å²) in [6.07, 6.45) is 3.43. The molecule has 0 saturated carbocycles. The van der Waals surface area contributed by atoms with Crippen molar-refractivity contribution in [2.24, 2.45) is 0 Å². The van der Waals surface area contributed by atoms with Crippen molar-refractivity contribution in [3.05, 3.63) is 114 Å². The number of ether oxygens (including phenoxy) is 1. The summed E-state index contributed by atoms with van der Waals surface area (Å²) in [7, 11) is 1.64. The Bertz CT molecular complexity index is 1210. The molecule has 3 heteroatoms. The maximum atomic E-state index is 12.8. The van der Waals surface area contributed by atoms with E-state index in [0.29, 0.717) is 17.0 Å². The summed E-state index contributed by atoms with van der Waals surface area (Å²) in [6, 6.07) is 31.3. The Balaban J connectivity index is 1.87. The number of anilines is 1. The lowest BCUT2D eigenvalue weighted by Gasteiger charge is -2.17. The van der Waals surface area contributed by atoms with Gasteiger partial charge in [0.2, 0.25) is 0 Å². The molecule has 0 aromatic heterocycles. The van der Waals surface area contributed by atoms with Gasteiger partial charge in [-0.3, -0.25) is 4.79 Å². The number of hydrogen-bond acceptors (Lipinski definition) is 3. The fourth-order valence-corrected chi connectivity index (χ4v) is 3.62. The van der Waals surface area contributed by atoms with Gasteiger partial charge in [0.1, 0.15) is 5.75 Å². The van der Waals surface area contributed by atoms with Gasteiger partial charge in [0.25, 0.3) is 0 Å². The normalized spacial score (nSPS) is 10.9. The number of hydrogen-bond donors (Lipinski definition) is 1. The number of nitrogens with two attached hydrogens (primary N) is 1. The number of benzene rings is 4. The fourth-order valence-electron chi connectivity index (χ4n) is 3.62. The molecule has 4 aromatic carbocycles. The maximum Gasteiger partial charge on any atom is 0.185 e. The quantitative estimate of drug-likeness (QED) is 0.226. The van der Waals surface area contributed by atoms with E-state index in [1.807, 2.05) is 48.5 Å². The van der Waals surface area contributed by atoms with Crippen LogP contribution in [0.4, 0.5) is 5.69 Å². The molecule has 0 aliphatic heterocycles. The standard InChI is InChI=1S/C28H23NO2/c1-31-27-19-17-24(20-8-4-2-5-9-20)28(22-10-6-3-7-11-22)25(27)16-18-26(30)21-12-14-23(29)15-13-21/h2-19H,29H2,1H3/b18-16+. The van der Waals surface area contributed by atoms with Crippen molar-refractivity contribution in [3.63, 3.8) is 0 Å². The van der Waals surface area contributed by atoms with Gasteiger partial charge in [-0.1, -0.05) is 66.7 Å². The van der Waals surface area contributed by atoms with Crippen LogP contribution < -0.4 is 10.5 Å². The molecule has 0 radical (unpaired) electrons. The molecule has 0 aliphatic carbocycles. The third kappa shape index (κ3) is 4.41. The van der Waals surface area contributed by atoms with Crippen LogP contribution in [0.5, 0.6) is 5.75 Å². The number of nitrogen functional groups attached to an aromatic ring is 1. The minimum absolute atomic E-state index is 0.0915. The lowest BCUT2D eigenvalue weighted by Crippen LogP contribution is -1.97. The van der Waals surface area contributed by atoms with Gasteiger partial charge in [0.15, 0.2) is 5.78 Å². The van der Waals surface area contributed by atoms with Crippen LogP contribution in [0.2, 0.25) is 0 Å². The Morgan fingerprint density at radius 1 is 0.774 bits per heavy atom. The van der Waals surface area contributed by atoms with Gasteiger partial charge in [-0.25, -0.2) is 0 Å². The minimum atomic E-state index is -0.0915. The van der Waals surface area contributed by atoms with Gasteiger partial charge in [0.05, 0.1) is 7.11 Å². The van der Waals surface area contributed by atoms with E-state index >= 15 is 0 Å². The molecule has 3 nitrogen and oxygen atoms in total. The largest absolute Gasteiger partial charge is 0.496 e. The molecule has 0 spiro atoms. The van der Waals surface area contributed by atoms with Crippen LogP contribution in [0.3, 0.4) is 0 Å². The number of methoxy groups -OCH3 is 1. The molecule has 2 N–H and O–H groups in total. The summed E-state index contributed by atoms with van der Waals surface area (Å²) in [6.45, 7) is 0. The molecule has 0 bridgehead atoms. The van der Waals surface area contributed by atoms with Crippen LogP contribution in [0.15, 0.2) is 103 Å². The van der Waals surface area contributed by atoms with Crippen molar-refractivity contribution < 1.29 is 9.53 Å². The fraction of sp³-hybridized carbons (Fsp3) is 0.0357. The molecular weight excluding hydrogens is 382 g/mol. The second-order valence-corrected chi connectivity index (χ2v) is 7.16. The van der Waals surface area contributed by atoms with Gasteiger partial charge in [0, 0.05) is 22.4 Å². The van der Waals surface area contributed by atoms with Crippen molar-refractivity contribution in [2.45, 2.75) is 0 Å². The average Bonchev–Trinajstić information content (AvgIpc) is 2.83. The average molecular weight is 405 g/mol. The van der Waals surface area contributed by atoms with Crippen molar-refractivity contribution in [2.75, 3.05) is 12.8 Å². The lowest BCUT2D eigenvalue weighted by molar-refractivity contribution is 0.104. The third-order valence-electron chi connectivity index (χ3n) is 5.17. The van der Waals surface area contributed by atoms with E-state index in [0.717, 1.165) is 27.8 Å².